The molecule has 30 heavy (non-hydrogen) atoms. The number of amides is 1. The predicted molar refractivity (Wildman–Crippen MR) is 115 cm³/mol. The van der Waals surface area contributed by atoms with E-state index in [4.69, 9.17) is 10.00 Å². The summed E-state index contributed by atoms with van der Waals surface area (Å²) >= 11 is 0. The second-order valence-corrected chi connectivity index (χ2v) is 7.06. The number of nitriles is 1. The fourth-order valence-corrected chi connectivity index (χ4v) is 3.11. The van der Waals surface area contributed by atoms with E-state index >= 15 is 0 Å². The van der Waals surface area contributed by atoms with Crippen molar-refractivity contribution in [2.24, 2.45) is 0 Å². The van der Waals surface area contributed by atoms with E-state index in [0.29, 0.717) is 35.5 Å². The molecule has 0 aliphatic carbocycles. The summed E-state index contributed by atoms with van der Waals surface area (Å²) in [6.45, 7) is 4.36. The maximum Gasteiger partial charge on any atom is 0.253 e. The molecule has 0 radical (unpaired) electrons. The Morgan fingerprint density at radius 3 is 2.43 bits per heavy atom. The molecule has 0 fully saturated rings. The third-order valence-electron chi connectivity index (χ3n) is 4.78. The van der Waals surface area contributed by atoms with Gasteiger partial charge in [0.05, 0.1) is 18.2 Å². The van der Waals surface area contributed by atoms with Gasteiger partial charge in [-0.2, -0.15) is 5.26 Å². The summed E-state index contributed by atoms with van der Waals surface area (Å²) in [5.41, 5.74) is 4.22. The molecular formula is C24H23N3O3. The number of rotatable bonds is 7. The Hall–Kier alpha value is -3.85. The molecule has 1 amide bonds. The van der Waals surface area contributed by atoms with Gasteiger partial charge in [0.25, 0.3) is 11.5 Å². The van der Waals surface area contributed by atoms with E-state index in [9.17, 15) is 9.59 Å². The minimum Gasteiger partial charge on any atom is -0.493 e. The van der Waals surface area contributed by atoms with Crippen LogP contribution in [-0.2, 0) is 13.0 Å². The molecule has 0 spiro atoms. The molecule has 0 saturated carbocycles. The van der Waals surface area contributed by atoms with Gasteiger partial charge >= 0.3 is 0 Å². The molecule has 2 N–H and O–H groups in total. The molecule has 0 aliphatic rings. The number of pyridine rings is 1. The van der Waals surface area contributed by atoms with E-state index in [1.165, 1.54) is 0 Å². The van der Waals surface area contributed by atoms with Gasteiger partial charge in [-0.25, -0.2) is 0 Å². The van der Waals surface area contributed by atoms with E-state index < -0.39 is 0 Å². The summed E-state index contributed by atoms with van der Waals surface area (Å²) < 4.78 is 5.68. The lowest BCUT2D eigenvalue weighted by molar-refractivity contribution is 0.0950. The predicted octanol–water partition coefficient (Wildman–Crippen LogP) is 3.41. The first-order valence-corrected chi connectivity index (χ1v) is 9.66. The number of hydrogen-bond acceptors (Lipinski definition) is 4. The fraction of sp³-hybridized carbons (Fsp3) is 0.208. The molecule has 0 unspecified atom stereocenters. The lowest BCUT2D eigenvalue weighted by Gasteiger charge is -2.09. The second-order valence-electron chi connectivity index (χ2n) is 7.06. The summed E-state index contributed by atoms with van der Waals surface area (Å²) in [6.07, 6.45) is 0.694. The molecule has 0 bridgehead atoms. The number of aromatic nitrogens is 1. The number of aryl methyl sites for hydroxylation is 2. The summed E-state index contributed by atoms with van der Waals surface area (Å²) in [5.74, 6) is 0.487. The van der Waals surface area contributed by atoms with E-state index in [1.807, 2.05) is 32.0 Å². The van der Waals surface area contributed by atoms with Crippen molar-refractivity contribution < 1.29 is 9.53 Å². The van der Waals surface area contributed by atoms with Crippen LogP contribution in [0.1, 0.15) is 38.3 Å². The van der Waals surface area contributed by atoms with Crippen molar-refractivity contribution in [1.82, 2.24) is 10.3 Å². The zero-order valence-electron chi connectivity index (χ0n) is 17.0. The third kappa shape index (κ3) is 5.36. The van der Waals surface area contributed by atoms with Crippen LogP contribution in [0, 0.1) is 25.2 Å². The first kappa shape index (κ1) is 20.9. The van der Waals surface area contributed by atoms with Gasteiger partial charge < -0.3 is 15.0 Å². The Bertz CT molecular complexity index is 1120. The minimum atomic E-state index is -0.227. The summed E-state index contributed by atoms with van der Waals surface area (Å²) in [5, 5.41) is 11.6. The van der Waals surface area contributed by atoms with Crippen LogP contribution in [0.2, 0.25) is 0 Å². The van der Waals surface area contributed by atoms with Crippen molar-refractivity contribution in [3.63, 3.8) is 0 Å². The third-order valence-corrected chi connectivity index (χ3v) is 4.78. The monoisotopic (exact) mass is 401 g/mol. The number of H-pyrrole nitrogens is 1. The van der Waals surface area contributed by atoms with E-state index in [-0.39, 0.29) is 18.0 Å². The lowest BCUT2D eigenvalue weighted by atomic mass is 10.1. The fourth-order valence-electron chi connectivity index (χ4n) is 3.11. The van der Waals surface area contributed by atoms with Gasteiger partial charge in [0.1, 0.15) is 5.75 Å². The van der Waals surface area contributed by atoms with Gasteiger partial charge in [0, 0.05) is 29.8 Å². The summed E-state index contributed by atoms with van der Waals surface area (Å²) in [4.78, 5) is 27.2. The van der Waals surface area contributed by atoms with Crippen molar-refractivity contribution in [3.05, 3.63) is 98.5 Å². The van der Waals surface area contributed by atoms with Gasteiger partial charge in [-0.05, 0) is 67.4 Å². The van der Waals surface area contributed by atoms with E-state index in [2.05, 4.69) is 16.4 Å². The molecule has 3 aromatic rings. The maximum atomic E-state index is 12.4. The SMILES string of the molecule is Cc1cc(C)c(CNC(=O)c2ccc(CCOc3ccc(C#N)cc3)cc2)c(=O)[nH]1. The van der Waals surface area contributed by atoms with Crippen LogP contribution in [-0.4, -0.2) is 17.5 Å². The molecule has 0 aliphatic heterocycles. The molecule has 152 valence electrons. The van der Waals surface area contributed by atoms with Crippen LogP contribution >= 0.6 is 0 Å². The van der Waals surface area contributed by atoms with Crippen molar-refractivity contribution in [1.29, 1.82) is 5.26 Å². The molecule has 6 nitrogen and oxygen atoms in total. The van der Waals surface area contributed by atoms with Crippen LogP contribution in [0.4, 0.5) is 0 Å². The number of nitrogens with zero attached hydrogens (tertiary/aromatic N) is 1. The van der Waals surface area contributed by atoms with Crippen molar-refractivity contribution in [3.8, 4) is 11.8 Å². The maximum absolute atomic E-state index is 12.4. The molecule has 1 heterocycles. The first-order valence-electron chi connectivity index (χ1n) is 9.66. The Morgan fingerprint density at radius 1 is 1.10 bits per heavy atom. The van der Waals surface area contributed by atoms with Crippen LogP contribution < -0.4 is 15.6 Å². The highest BCUT2D eigenvalue weighted by molar-refractivity contribution is 5.94. The second kappa shape index (κ2) is 9.57. The number of nitrogens with one attached hydrogen (secondary N) is 2. The summed E-state index contributed by atoms with van der Waals surface area (Å²) in [7, 11) is 0. The lowest BCUT2D eigenvalue weighted by Crippen LogP contribution is -2.27. The molecular weight excluding hydrogens is 378 g/mol. The van der Waals surface area contributed by atoms with Crippen LogP contribution in [0.25, 0.3) is 0 Å². The highest BCUT2D eigenvalue weighted by Gasteiger charge is 2.09. The summed E-state index contributed by atoms with van der Waals surface area (Å²) in [6, 6.07) is 18.2. The average Bonchev–Trinajstić information content (AvgIpc) is 2.74. The Kier molecular flexibility index (Phi) is 6.66. The van der Waals surface area contributed by atoms with Gasteiger partial charge in [0.2, 0.25) is 0 Å². The van der Waals surface area contributed by atoms with Crippen LogP contribution in [0.15, 0.2) is 59.4 Å². The number of benzene rings is 2. The zero-order valence-corrected chi connectivity index (χ0v) is 17.0. The van der Waals surface area contributed by atoms with E-state index in [0.717, 1.165) is 16.8 Å². The largest absolute Gasteiger partial charge is 0.493 e. The Labute approximate surface area is 175 Å². The number of aromatic amines is 1. The number of carbonyl (C=O) groups excluding carboxylic acids is 1. The minimum absolute atomic E-state index is 0.176. The van der Waals surface area contributed by atoms with Gasteiger partial charge in [-0.15, -0.1) is 0 Å². The van der Waals surface area contributed by atoms with Gasteiger partial charge in [-0.1, -0.05) is 12.1 Å². The molecule has 0 atom stereocenters. The molecule has 1 aromatic heterocycles. The number of ether oxygens (including phenoxy) is 1. The Balaban J connectivity index is 1.51. The molecule has 2 aromatic carbocycles. The number of hydrogen-bond donors (Lipinski definition) is 2. The molecule has 3 rings (SSSR count). The van der Waals surface area contributed by atoms with Gasteiger partial charge in [-0.3, -0.25) is 9.59 Å². The highest BCUT2D eigenvalue weighted by atomic mass is 16.5. The van der Waals surface area contributed by atoms with Crippen LogP contribution in [0.3, 0.4) is 0 Å². The highest BCUT2D eigenvalue weighted by Crippen LogP contribution is 2.13. The topological polar surface area (TPSA) is 95.0 Å². The smallest absolute Gasteiger partial charge is 0.253 e. The molecule has 0 saturated heterocycles. The standard InChI is InChI=1S/C24H23N3O3/c1-16-13-17(2)27-24(29)22(16)15-26-23(28)20-7-3-18(4-8-20)11-12-30-21-9-5-19(14-25)6-10-21/h3-10,13H,11-12,15H2,1-2H3,(H,26,28)(H,27,29). The van der Waals surface area contributed by atoms with E-state index in [1.54, 1.807) is 36.4 Å². The quantitative estimate of drug-likeness (QED) is 0.634. The average molecular weight is 401 g/mol. The van der Waals surface area contributed by atoms with Crippen molar-refractivity contribution in [2.75, 3.05) is 6.61 Å². The zero-order chi connectivity index (χ0) is 21.5. The normalized spacial score (nSPS) is 10.3. The Morgan fingerprint density at radius 2 is 1.80 bits per heavy atom. The number of carbonyl (C=O) groups is 1. The first-order chi connectivity index (χ1) is 14.5. The van der Waals surface area contributed by atoms with Gasteiger partial charge in [0.15, 0.2) is 0 Å². The van der Waals surface area contributed by atoms with Crippen molar-refractivity contribution >= 4 is 5.91 Å². The van der Waals surface area contributed by atoms with Crippen molar-refractivity contribution in [2.45, 2.75) is 26.8 Å². The van der Waals surface area contributed by atoms with Crippen LogP contribution in [0.5, 0.6) is 5.75 Å². The molecule has 6 heteroatoms.